The van der Waals surface area contributed by atoms with Gasteiger partial charge in [-0.15, -0.1) is 11.6 Å². The normalized spacial score (nSPS) is 10.4. The van der Waals surface area contributed by atoms with Crippen molar-refractivity contribution >= 4 is 11.6 Å². The first-order chi connectivity index (χ1) is 7.11. The average Bonchev–Trinajstić information content (AvgIpc) is 2.20. The monoisotopic (exact) mass is 234 g/mol. The lowest BCUT2D eigenvalue weighted by molar-refractivity contribution is 0.148. The zero-order valence-electron chi connectivity index (χ0n) is 7.48. The first-order valence-corrected chi connectivity index (χ1v) is 4.52. The van der Waals surface area contributed by atoms with Gasteiger partial charge < -0.3 is 0 Å². The van der Waals surface area contributed by atoms with Crippen LogP contribution >= 0.6 is 11.6 Å². The van der Waals surface area contributed by atoms with E-state index < -0.39 is 17.8 Å². The molecule has 1 aromatic heterocycles. The standard InChI is InChI=1S/C9H6ClF3N2/c10-3-5-6(11)4-15-7(1-2-14)8(5)9(12)13/h4,9H,1,3H2. The van der Waals surface area contributed by atoms with Crippen molar-refractivity contribution in [2.75, 3.05) is 0 Å². The molecule has 15 heavy (non-hydrogen) atoms. The highest BCUT2D eigenvalue weighted by atomic mass is 35.5. The molecule has 2 nitrogen and oxygen atoms in total. The molecule has 0 radical (unpaired) electrons. The topological polar surface area (TPSA) is 36.7 Å². The minimum absolute atomic E-state index is 0.121. The molecule has 80 valence electrons. The van der Waals surface area contributed by atoms with E-state index in [1.807, 2.05) is 0 Å². The van der Waals surface area contributed by atoms with E-state index in [1.165, 1.54) is 0 Å². The van der Waals surface area contributed by atoms with E-state index in [4.69, 9.17) is 16.9 Å². The minimum atomic E-state index is -2.88. The van der Waals surface area contributed by atoms with Gasteiger partial charge in [-0.1, -0.05) is 0 Å². The number of nitriles is 1. The number of rotatable bonds is 3. The van der Waals surface area contributed by atoms with Crippen molar-refractivity contribution in [3.8, 4) is 6.07 Å². The van der Waals surface area contributed by atoms with E-state index in [2.05, 4.69) is 4.98 Å². The van der Waals surface area contributed by atoms with Gasteiger partial charge >= 0.3 is 0 Å². The van der Waals surface area contributed by atoms with E-state index in [9.17, 15) is 13.2 Å². The Morgan fingerprint density at radius 2 is 2.20 bits per heavy atom. The first kappa shape index (κ1) is 11.8. The van der Waals surface area contributed by atoms with Crippen LogP contribution in [0, 0.1) is 17.1 Å². The summed E-state index contributed by atoms with van der Waals surface area (Å²) in [5, 5.41) is 8.40. The summed E-state index contributed by atoms with van der Waals surface area (Å²) in [6.07, 6.45) is -2.37. The predicted octanol–water partition coefficient (Wildman–Crippen LogP) is 2.96. The van der Waals surface area contributed by atoms with E-state index in [1.54, 1.807) is 6.07 Å². The summed E-state index contributed by atoms with van der Waals surface area (Å²) in [5.74, 6) is -1.24. The van der Waals surface area contributed by atoms with E-state index in [0.717, 1.165) is 6.20 Å². The van der Waals surface area contributed by atoms with Gasteiger partial charge in [0, 0.05) is 11.1 Å². The van der Waals surface area contributed by atoms with E-state index in [0.29, 0.717) is 0 Å². The molecule has 1 heterocycles. The van der Waals surface area contributed by atoms with Crippen LogP contribution in [0.1, 0.15) is 23.2 Å². The Labute approximate surface area is 89.3 Å². The molecular weight excluding hydrogens is 229 g/mol. The highest BCUT2D eigenvalue weighted by molar-refractivity contribution is 6.17. The number of hydrogen-bond acceptors (Lipinski definition) is 2. The van der Waals surface area contributed by atoms with Crippen molar-refractivity contribution in [1.29, 1.82) is 5.26 Å². The zero-order chi connectivity index (χ0) is 11.4. The Morgan fingerprint density at radius 1 is 1.53 bits per heavy atom. The predicted molar refractivity (Wildman–Crippen MR) is 48.0 cm³/mol. The van der Waals surface area contributed by atoms with Gasteiger partial charge in [0.05, 0.1) is 30.3 Å². The maximum Gasteiger partial charge on any atom is 0.266 e. The Balaban J connectivity index is 3.36. The molecule has 0 aliphatic heterocycles. The fraction of sp³-hybridized carbons (Fsp3) is 0.333. The van der Waals surface area contributed by atoms with Crippen LogP contribution in [0.5, 0.6) is 0 Å². The van der Waals surface area contributed by atoms with E-state index >= 15 is 0 Å². The van der Waals surface area contributed by atoms with Crippen LogP contribution in [0.25, 0.3) is 0 Å². The van der Waals surface area contributed by atoms with Gasteiger partial charge in [0.25, 0.3) is 6.43 Å². The molecule has 0 spiro atoms. The second-order valence-electron chi connectivity index (χ2n) is 2.71. The number of hydrogen-bond donors (Lipinski definition) is 0. The molecular formula is C9H6ClF3N2. The van der Waals surface area contributed by atoms with Crippen LogP contribution in [-0.4, -0.2) is 4.98 Å². The van der Waals surface area contributed by atoms with Crippen LogP contribution in [0.4, 0.5) is 13.2 Å². The molecule has 1 aromatic rings. The average molecular weight is 235 g/mol. The van der Waals surface area contributed by atoms with Crippen LogP contribution in [0.15, 0.2) is 6.20 Å². The fourth-order valence-electron chi connectivity index (χ4n) is 1.19. The molecule has 0 saturated carbocycles. The van der Waals surface area contributed by atoms with Crippen LogP contribution < -0.4 is 0 Å². The maximum atomic E-state index is 13.1. The molecule has 0 atom stereocenters. The quantitative estimate of drug-likeness (QED) is 0.754. The Morgan fingerprint density at radius 3 is 2.67 bits per heavy atom. The molecule has 1 rings (SSSR count). The van der Waals surface area contributed by atoms with Crippen LogP contribution in [0.2, 0.25) is 0 Å². The third-order valence-corrected chi connectivity index (χ3v) is 2.12. The lowest BCUT2D eigenvalue weighted by atomic mass is 10.1. The van der Waals surface area contributed by atoms with Gasteiger partial charge in [0.2, 0.25) is 0 Å². The summed E-state index contributed by atoms with van der Waals surface area (Å²) in [7, 11) is 0. The van der Waals surface area contributed by atoms with Gasteiger partial charge in [-0.3, -0.25) is 4.98 Å². The van der Waals surface area contributed by atoms with Gasteiger partial charge in [0.15, 0.2) is 0 Å². The van der Waals surface area contributed by atoms with Gasteiger partial charge in [-0.2, -0.15) is 5.26 Å². The smallest absolute Gasteiger partial charge is 0.257 e. The molecule has 0 bridgehead atoms. The van der Waals surface area contributed by atoms with E-state index in [-0.39, 0.29) is 23.6 Å². The Kier molecular flexibility index (Phi) is 3.92. The van der Waals surface area contributed by atoms with Gasteiger partial charge in [-0.05, 0) is 0 Å². The summed E-state index contributed by atoms with van der Waals surface area (Å²) in [6, 6.07) is 1.69. The molecule has 0 aliphatic carbocycles. The summed E-state index contributed by atoms with van der Waals surface area (Å²) >= 11 is 5.37. The minimum Gasteiger partial charge on any atom is -0.257 e. The second-order valence-corrected chi connectivity index (χ2v) is 2.98. The Hall–Kier alpha value is -1.28. The first-order valence-electron chi connectivity index (χ1n) is 3.99. The maximum absolute atomic E-state index is 13.1. The van der Waals surface area contributed by atoms with Gasteiger partial charge in [-0.25, -0.2) is 13.2 Å². The van der Waals surface area contributed by atoms with Crippen LogP contribution in [0.3, 0.4) is 0 Å². The number of pyridine rings is 1. The van der Waals surface area contributed by atoms with Crippen molar-refractivity contribution in [1.82, 2.24) is 4.98 Å². The molecule has 0 fully saturated rings. The fourth-order valence-corrected chi connectivity index (χ4v) is 1.47. The summed E-state index contributed by atoms with van der Waals surface area (Å²) in [4.78, 5) is 3.46. The molecule has 0 aliphatic rings. The number of aromatic nitrogens is 1. The van der Waals surface area contributed by atoms with Crippen molar-refractivity contribution < 1.29 is 13.2 Å². The number of alkyl halides is 3. The second kappa shape index (κ2) is 4.99. The zero-order valence-corrected chi connectivity index (χ0v) is 8.23. The summed E-state index contributed by atoms with van der Waals surface area (Å²) < 4.78 is 38.3. The summed E-state index contributed by atoms with van der Waals surface area (Å²) in [6.45, 7) is 0. The van der Waals surface area contributed by atoms with Crippen LogP contribution in [-0.2, 0) is 12.3 Å². The SMILES string of the molecule is N#CCc1ncc(F)c(CCl)c1C(F)F. The lowest BCUT2D eigenvalue weighted by Crippen LogP contribution is -2.05. The highest BCUT2D eigenvalue weighted by Crippen LogP contribution is 2.28. The van der Waals surface area contributed by atoms with Crippen molar-refractivity contribution in [3.63, 3.8) is 0 Å². The largest absolute Gasteiger partial charge is 0.266 e. The molecule has 0 saturated heterocycles. The molecule has 0 unspecified atom stereocenters. The van der Waals surface area contributed by atoms with Gasteiger partial charge in [0.1, 0.15) is 5.82 Å². The summed E-state index contributed by atoms with van der Waals surface area (Å²) in [5.41, 5.74) is -0.969. The number of nitrogens with zero attached hydrogens (tertiary/aromatic N) is 2. The number of halogens is 4. The molecule has 6 heteroatoms. The van der Waals surface area contributed by atoms with Crippen molar-refractivity contribution in [2.45, 2.75) is 18.7 Å². The highest BCUT2D eigenvalue weighted by Gasteiger charge is 2.21. The Bertz CT molecular complexity index is 401. The lowest BCUT2D eigenvalue weighted by Gasteiger charge is -2.10. The third-order valence-electron chi connectivity index (χ3n) is 1.86. The molecule has 0 aromatic carbocycles. The van der Waals surface area contributed by atoms with Crippen molar-refractivity contribution in [2.24, 2.45) is 0 Å². The van der Waals surface area contributed by atoms with Crippen molar-refractivity contribution in [3.05, 3.63) is 28.8 Å². The third kappa shape index (κ3) is 2.39. The molecule has 0 N–H and O–H groups in total. The molecule has 0 amide bonds.